The zero-order valence-corrected chi connectivity index (χ0v) is 23.7. The molecule has 10 rings (SSSR count). The van der Waals surface area contributed by atoms with E-state index in [0.29, 0.717) is 0 Å². The van der Waals surface area contributed by atoms with E-state index in [1.807, 2.05) is 29.7 Å². The van der Waals surface area contributed by atoms with Crippen LogP contribution in [0.1, 0.15) is 0 Å². The lowest BCUT2D eigenvalue weighted by atomic mass is 9.85. The van der Waals surface area contributed by atoms with Gasteiger partial charge in [0.25, 0.3) is 0 Å². The first kappa shape index (κ1) is 23.2. The van der Waals surface area contributed by atoms with Gasteiger partial charge in [-0.05, 0) is 63.0 Å². The van der Waals surface area contributed by atoms with Crippen molar-refractivity contribution >= 4 is 86.0 Å². The zero-order chi connectivity index (χ0) is 28.1. The molecule has 0 aliphatic heterocycles. The number of fused-ring (bicyclic) bond motifs is 10. The molecule has 2 nitrogen and oxygen atoms in total. The molecule has 7 aromatic carbocycles. The third-order valence-corrected chi connectivity index (χ3v) is 10.1. The van der Waals surface area contributed by atoms with Crippen LogP contribution >= 0.6 is 11.3 Å². The number of benzene rings is 7. The summed E-state index contributed by atoms with van der Waals surface area (Å²) in [5.41, 5.74) is 7.39. The largest absolute Gasteiger partial charge is 0.463 e. The average Bonchev–Trinajstić information content (AvgIpc) is 3.76. The molecule has 0 atom stereocenters. The van der Waals surface area contributed by atoms with Gasteiger partial charge in [0.1, 0.15) is 16.7 Å². The maximum Gasteiger partial charge on any atom is 0.146 e. The van der Waals surface area contributed by atoms with E-state index in [1.165, 1.54) is 58.4 Å². The second-order valence-corrected chi connectivity index (χ2v) is 12.3. The van der Waals surface area contributed by atoms with Gasteiger partial charge in [0.05, 0.1) is 11.6 Å². The Kier molecular flexibility index (Phi) is 4.63. The van der Waals surface area contributed by atoms with E-state index in [0.717, 1.165) is 38.5 Å². The lowest BCUT2D eigenvalue weighted by molar-refractivity contribution is 0.619. The van der Waals surface area contributed by atoms with Crippen LogP contribution in [-0.2, 0) is 0 Å². The molecule has 3 heteroatoms. The fourth-order valence-electron chi connectivity index (χ4n) is 7.11. The summed E-state index contributed by atoms with van der Waals surface area (Å²) in [5, 5.41) is 10.7. The molecule has 3 heterocycles. The summed E-state index contributed by atoms with van der Waals surface area (Å²) in [6.45, 7) is 0. The highest BCUT2D eigenvalue weighted by Gasteiger charge is 2.22. The second kappa shape index (κ2) is 8.57. The number of hydrogen-bond acceptors (Lipinski definition) is 3. The van der Waals surface area contributed by atoms with E-state index < -0.39 is 0 Å². The summed E-state index contributed by atoms with van der Waals surface area (Å²) in [6, 6.07) is 45.7. The Hall–Kier alpha value is -5.38. The van der Waals surface area contributed by atoms with Crippen LogP contribution in [0.5, 0.6) is 0 Å². The van der Waals surface area contributed by atoms with Gasteiger partial charge in [0.15, 0.2) is 0 Å². The molecule has 0 aliphatic carbocycles. The van der Waals surface area contributed by atoms with E-state index in [9.17, 15) is 0 Å². The van der Waals surface area contributed by atoms with Crippen LogP contribution in [0.4, 0.5) is 0 Å². The fourth-order valence-corrected chi connectivity index (χ4v) is 8.25. The minimum Gasteiger partial charge on any atom is -0.463 e. The third kappa shape index (κ3) is 3.17. The molecule has 0 saturated carbocycles. The Bertz CT molecular complexity index is 2680. The average molecular weight is 567 g/mol. The summed E-state index contributed by atoms with van der Waals surface area (Å²) in [4.78, 5) is 0. The van der Waals surface area contributed by atoms with Crippen LogP contribution in [0.2, 0.25) is 0 Å². The van der Waals surface area contributed by atoms with E-state index in [-0.39, 0.29) is 0 Å². The molecule has 0 radical (unpaired) electrons. The van der Waals surface area contributed by atoms with E-state index in [2.05, 4.69) is 115 Å². The van der Waals surface area contributed by atoms with E-state index >= 15 is 0 Å². The number of furan rings is 2. The van der Waals surface area contributed by atoms with Crippen molar-refractivity contribution < 1.29 is 8.83 Å². The van der Waals surface area contributed by atoms with Gasteiger partial charge in [0.2, 0.25) is 0 Å². The van der Waals surface area contributed by atoms with E-state index in [4.69, 9.17) is 8.83 Å². The predicted octanol–water partition coefficient (Wildman–Crippen LogP) is 12.3. The standard InChI is InChI=1S/C40H22O2S/c1-3-12-28-26(10-1)37(23-17-18-25-24-9-6-8-16-35(24)43-36(25)21-23)27-11-2-4-13-29(27)38(28)32-22-41-40-30(32)19-20-34-39(40)31-14-5-7-15-33(31)42-34/h1-22H. The number of para-hydroxylation sites is 1. The molecule has 43 heavy (non-hydrogen) atoms. The smallest absolute Gasteiger partial charge is 0.146 e. The van der Waals surface area contributed by atoms with Gasteiger partial charge in [-0.3, -0.25) is 0 Å². The van der Waals surface area contributed by atoms with Gasteiger partial charge in [-0.2, -0.15) is 0 Å². The lowest BCUT2D eigenvalue weighted by Crippen LogP contribution is -1.90. The molecular weight excluding hydrogens is 545 g/mol. The van der Waals surface area contributed by atoms with Gasteiger partial charge in [-0.15, -0.1) is 11.3 Å². The summed E-state index contributed by atoms with van der Waals surface area (Å²) < 4.78 is 15.2. The molecular formula is C40H22O2S. The predicted molar refractivity (Wildman–Crippen MR) is 182 cm³/mol. The summed E-state index contributed by atoms with van der Waals surface area (Å²) in [7, 11) is 0. The van der Waals surface area contributed by atoms with Crippen LogP contribution < -0.4 is 0 Å². The van der Waals surface area contributed by atoms with Gasteiger partial charge < -0.3 is 8.83 Å². The van der Waals surface area contributed by atoms with Crippen molar-refractivity contribution in [2.45, 2.75) is 0 Å². The Morgan fingerprint density at radius 3 is 1.81 bits per heavy atom. The van der Waals surface area contributed by atoms with Crippen molar-refractivity contribution in [3.05, 3.63) is 134 Å². The molecule has 3 aromatic heterocycles. The highest BCUT2D eigenvalue weighted by Crippen LogP contribution is 2.48. The highest BCUT2D eigenvalue weighted by molar-refractivity contribution is 7.25. The van der Waals surface area contributed by atoms with Crippen LogP contribution in [0.3, 0.4) is 0 Å². The molecule has 0 spiro atoms. The quantitative estimate of drug-likeness (QED) is 0.195. The van der Waals surface area contributed by atoms with Gasteiger partial charge in [0, 0.05) is 42.1 Å². The topological polar surface area (TPSA) is 26.3 Å². The molecule has 0 unspecified atom stereocenters. The van der Waals surface area contributed by atoms with Crippen molar-refractivity contribution in [3.8, 4) is 22.3 Å². The molecule has 200 valence electrons. The van der Waals surface area contributed by atoms with Crippen LogP contribution in [0.25, 0.3) is 96.9 Å². The molecule has 0 saturated heterocycles. The van der Waals surface area contributed by atoms with Gasteiger partial charge in [-0.1, -0.05) is 97.1 Å². The van der Waals surface area contributed by atoms with Crippen molar-refractivity contribution in [1.82, 2.24) is 0 Å². The van der Waals surface area contributed by atoms with Gasteiger partial charge >= 0.3 is 0 Å². The van der Waals surface area contributed by atoms with Crippen molar-refractivity contribution in [2.75, 3.05) is 0 Å². The molecule has 0 fully saturated rings. The maximum absolute atomic E-state index is 6.41. The fraction of sp³-hybridized carbons (Fsp3) is 0. The second-order valence-electron chi connectivity index (χ2n) is 11.2. The van der Waals surface area contributed by atoms with Crippen LogP contribution in [-0.4, -0.2) is 0 Å². The molecule has 10 aromatic rings. The number of rotatable bonds is 2. The van der Waals surface area contributed by atoms with Crippen molar-refractivity contribution in [1.29, 1.82) is 0 Å². The van der Waals surface area contributed by atoms with E-state index in [1.54, 1.807) is 0 Å². The Morgan fingerprint density at radius 2 is 1.05 bits per heavy atom. The summed E-state index contributed by atoms with van der Waals surface area (Å²) in [5.74, 6) is 0. The molecule has 0 aliphatic rings. The molecule has 0 N–H and O–H groups in total. The van der Waals surface area contributed by atoms with Crippen molar-refractivity contribution in [3.63, 3.8) is 0 Å². The summed E-state index contributed by atoms with van der Waals surface area (Å²) >= 11 is 1.87. The zero-order valence-electron chi connectivity index (χ0n) is 22.9. The molecule has 0 bridgehead atoms. The Balaban J connectivity index is 1.30. The minimum absolute atomic E-state index is 0.844. The van der Waals surface area contributed by atoms with Gasteiger partial charge in [-0.25, -0.2) is 0 Å². The van der Waals surface area contributed by atoms with Crippen LogP contribution in [0.15, 0.2) is 142 Å². The lowest BCUT2D eigenvalue weighted by Gasteiger charge is -2.17. The first-order valence-corrected chi connectivity index (χ1v) is 15.3. The first-order chi connectivity index (χ1) is 21.3. The monoisotopic (exact) mass is 566 g/mol. The van der Waals surface area contributed by atoms with Crippen molar-refractivity contribution in [2.24, 2.45) is 0 Å². The normalized spacial score (nSPS) is 12.2. The van der Waals surface area contributed by atoms with Crippen LogP contribution in [0, 0.1) is 0 Å². The SMILES string of the molecule is c1ccc2c(c1)oc1ccc3c(-c4c5ccccc5c(-c5ccc6c(c5)sc5ccccc56)c5ccccc45)coc3c12. The number of hydrogen-bond donors (Lipinski definition) is 0. The third-order valence-electron chi connectivity index (χ3n) is 8.95. The molecule has 0 amide bonds. The number of thiophene rings is 1. The minimum atomic E-state index is 0.844. The first-order valence-electron chi connectivity index (χ1n) is 14.5. The maximum atomic E-state index is 6.41. The Morgan fingerprint density at radius 1 is 0.442 bits per heavy atom. The highest BCUT2D eigenvalue weighted by atomic mass is 32.1. The summed E-state index contributed by atoms with van der Waals surface area (Å²) in [6.07, 6.45) is 1.93. The Labute approximate surface area is 250 Å².